The molecule has 0 aromatic heterocycles. The van der Waals surface area contributed by atoms with Crippen LogP contribution in [0.5, 0.6) is 0 Å². The van der Waals surface area contributed by atoms with Crippen molar-refractivity contribution >= 4 is 12.1 Å². The number of alkyl carbamates (subject to hydrolysis) is 1. The molecule has 0 aromatic rings. The van der Waals surface area contributed by atoms with Gasteiger partial charge < -0.3 is 15.2 Å². The van der Waals surface area contributed by atoms with E-state index >= 15 is 0 Å². The van der Waals surface area contributed by atoms with E-state index in [9.17, 15) is 9.59 Å². The number of carbonyl (C=O) groups excluding carboxylic acids is 1. The third-order valence-corrected chi connectivity index (χ3v) is 3.99. The van der Waals surface area contributed by atoms with E-state index in [2.05, 4.69) is 10.2 Å². The molecule has 2 unspecified atom stereocenters. The van der Waals surface area contributed by atoms with Crippen LogP contribution in [0.3, 0.4) is 0 Å². The van der Waals surface area contributed by atoms with Crippen molar-refractivity contribution in [2.75, 3.05) is 19.7 Å². The Morgan fingerprint density at radius 2 is 2.10 bits per heavy atom. The minimum Gasteiger partial charge on any atom is -0.481 e. The largest absolute Gasteiger partial charge is 0.481 e. The normalized spacial score (nSPS) is 27.1. The second-order valence-corrected chi connectivity index (χ2v) is 5.78. The highest BCUT2D eigenvalue weighted by atomic mass is 16.5. The van der Waals surface area contributed by atoms with Gasteiger partial charge in [0.2, 0.25) is 0 Å². The summed E-state index contributed by atoms with van der Waals surface area (Å²) >= 11 is 0. The fraction of sp³-hybridized carbons (Fsp3) is 0.857. The number of nitrogens with one attached hydrogen (secondary N) is 1. The van der Waals surface area contributed by atoms with E-state index in [1.807, 2.05) is 0 Å². The Kier molecular flexibility index (Phi) is 5.23. The summed E-state index contributed by atoms with van der Waals surface area (Å²) in [5.41, 5.74) is 0. The Morgan fingerprint density at radius 1 is 1.35 bits per heavy atom. The van der Waals surface area contributed by atoms with E-state index < -0.39 is 5.97 Å². The summed E-state index contributed by atoms with van der Waals surface area (Å²) in [6.07, 6.45) is 3.80. The predicted molar refractivity (Wildman–Crippen MR) is 73.5 cm³/mol. The van der Waals surface area contributed by atoms with Crippen molar-refractivity contribution < 1.29 is 19.4 Å². The molecule has 0 spiro atoms. The van der Waals surface area contributed by atoms with Gasteiger partial charge in [-0.25, -0.2) is 4.79 Å². The maximum absolute atomic E-state index is 11.5. The minimum atomic E-state index is -0.747. The number of ether oxygens (including phenoxy) is 1. The first-order chi connectivity index (χ1) is 9.58. The molecule has 114 valence electrons. The lowest BCUT2D eigenvalue weighted by Gasteiger charge is -2.38. The van der Waals surface area contributed by atoms with Crippen LogP contribution in [0.4, 0.5) is 4.79 Å². The number of nitrogens with zero attached hydrogens (tertiary/aromatic N) is 1. The molecule has 2 atom stereocenters. The molecule has 6 heteroatoms. The fourth-order valence-electron chi connectivity index (χ4n) is 2.96. The minimum absolute atomic E-state index is 0.0715. The summed E-state index contributed by atoms with van der Waals surface area (Å²) in [5, 5.41) is 11.7. The second-order valence-electron chi connectivity index (χ2n) is 5.78. The average Bonchev–Trinajstić information content (AvgIpc) is 3.20. The molecule has 1 amide bonds. The molecule has 2 rings (SSSR count). The van der Waals surface area contributed by atoms with Crippen molar-refractivity contribution in [1.82, 2.24) is 10.2 Å². The van der Waals surface area contributed by atoms with Gasteiger partial charge in [0.15, 0.2) is 0 Å². The summed E-state index contributed by atoms with van der Waals surface area (Å²) < 4.78 is 4.93. The number of carbonyl (C=O) groups is 2. The first kappa shape index (κ1) is 15.1. The second kappa shape index (κ2) is 6.92. The molecular formula is C14H24N2O4. The first-order valence-electron chi connectivity index (χ1n) is 7.47. The van der Waals surface area contributed by atoms with Crippen LogP contribution in [-0.4, -0.2) is 53.8 Å². The maximum atomic E-state index is 11.5. The van der Waals surface area contributed by atoms with Gasteiger partial charge in [0.25, 0.3) is 0 Å². The smallest absolute Gasteiger partial charge is 0.407 e. The fourth-order valence-corrected chi connectivity index (χ4v) is 2.96. The summed E-state index contributed by atoms with van der Waals surface area (Å²) in [7, 11) is 0. The van der Waals surface area contributed by atoms with Crippen LogP contribution in [0, 0.1) is 5.92 Å². The zero-order chi connectivity index (χ0) is 14.5. The molecule has 1 heterocycles. The first-order valence-corrected chi connectivity index (χ1v) is 7.47. The number of likely N-dealkylation sites (tertiary alicyclic amines) is 1. The van der Waals surface area contributed by atoms with E-state index in [1.165, 1.54) is 12.8 Å². The Bertz CT molecular complexity index is 357. The highest BCUT2D eigenvalue weighted by molar-refractivity contribution is 5.67. The zero-order valence-electron chi connectivity index (χ0n) is 12.0. The molecular weight excluding hydrogens is 260 g/mol. The van der Waals surface area contributed by atoms with Crippen LogP contribution in [0.1, 0.15) is 39.0 Å². The molecule has 0 radical (unpaired) electrons. The third kappa shape index (κ3) is 4.67. The molecule has 6 nitrogen and oxygen atoms in total. The Labute approximate surface area is 119 Å². The predicted octanol–water partition coefficient (Wildman–Crippen LogP) is 1.45. The van der Waals surface area contributed by atoms with Gasteiger partial charge in [-0.3, -0.25) is 9.69 Å². The number of amides is 1. The van der Waals surface area contributed by atoms with Crippen LogP contribution >= 0.6 is 0 Å². The zero-order valence-corrected chi connectivity index (χ0v) is 12.0. The highest BCUT2D eigenvalue weighted by Crippen LogP contribution is 2.32. The van der Waals surface area contributed by atoms with Crippen LogP contribution < -0.4 is 5.32 Å². The molecule has 1 saturated heterocycles. The van der Waals surface area contributed by atoms with Crippen molar-refractivity contribution in [3.05, 3.63) is 0 Å². The summed E-state index contributed by atoms with van der Waals surface area (Å²) in [5.74, 6) is -0.407. The highest BCUT2D eigenvalue weighted by Gasteiger charge is 2.36. The molecule has 1 saturated carbocycles. The number of carboxylic acid groups (broad SMARTS) is 1. The van der Waals surface area contributed by atoms with Crippen LogP contribution in [0.25, 0.3) is 0 Å². The summed E-state index contributed by atoms with van der Waals surface area (Å²) in [4.78, 5) is 24.6. The number of rotatable bonds is 6. The topological polar surface area (TPSA) is 78.9 Å². The molecule has 20 heavy (non-hydrogen) atoms. The lowest BCUT2D eigenvalue weighted by molar-refractivity contribution is -0.137. The van der Waals surface area contributed by atoms with Crippen molar-refractivity contribution in [2.45, 2.75) is 51.1 Å². The van der Waals surface area contributed by atoms with Gasteiger partial charge in [0.05, 0.1) is 6.61 Å². The van der Waals surface area contributed by atoms with E-state index in [4.69, 9.17) is 9.84 Å². The van der Waals surface area contributed by atoms with Gasteiger partial charge >= 0.3 is 12.1 Å². The van der Waals surface area contributed by atoms with Crippen molar-refractivity contribution in [3.63, 3.8) is 0 Å². The van der Waals surface area contributed by atoms with E-state index in [-0.39, 0.29) is 18.6 Å². The standard InChI is InChI=1S/C14H24N2O4/c1-2-20-14(19)15-11-7-10(3-6-13(17)18)8-16(9-11)12-4-5-12/h10-12H,2-9H2,1H3,(H,15,19)(H,17,18). The summed E-state index contributed by atoms with van der Waals surface area (Å²) in [6, 6.07) is 0.705. The van der Waals surface area contributed by atoms with Gasteiger partial charge in [-0.1, -0.05) is 0 Å². The molecule has 2 fully saturated rings. The molecule has 0 aromatic carbocycles. The van der Waals surface area contributed by atoms with Gasteiger partial charge in [0, 0.05) is 31.6 Å². The van der Waals surface area contributed by atoms with Gasteiger partial charge in [0.1, 0.15) is 0 Å². The van der Waals surface area contributed by atoms with Gasteiger partial charge in [-0.2, -0.15) is 0 Å². The van der Waals surface area contributed by atoms with Crippen molar-refractivity contribution in [1.29, 1.82) is 0 Å². The van der Waals surface area contributed by atoms with Crippen molar-refractivity contribution in [2.24, 2.45) is 5.92 Å². The monoisotopic (exact) mass is 284 g/mol. The Morgan fingerprint density at radius 3 is 2.70 bits per heavy atom. The lowest BCUT2D eigenvalue weighted by atomic mass is 9.90. The van der Waals surface area contributed by atoms with Crippen molar-refractivity contribution in [3.8, 4) is 0 Å². The van der Waals surface area contributed by atoms with E-state index in [1.54, 1.807) is 6.92 Å². The number of carboxylic acids is 1. The number of hydrogen-bond acceptors (Lipinski definition) is 4. The molecule has 2 N–H and O–H groups in total. The number of hydrogen-bond donors (Lipinski definition) is 2. The Hall–Kier alpha value is -1.30. The van der Waals surface area contributed by atoms with Crippen LogP contribution in [-0.2, 0) is 9.53 Å². The molecule has 1 aliphatic heterocycles. The van der Waals surface area contributed by atoms with E-state index in [0.29, 0.717) is 25.0 Å². The molecule has 0 bridgehead atoms. The lowest BCUT2D eigenvalue weighted by Crippen LogP contribution is -2.51. The Balaban J connectivity index is 1.86. The summed E-state index contributed by atoms with van der Waals surface area (Å²) in [6.45, 7) is 3.96. The quantitative estimate of drug-likeness (QED) is 0.772. The van der Waals surface area contributed by atoms with Gasteiger partial charge in [-0.15, -0.1) is 0 Å². The number of piperidine rings is 1. The van der Waals surface area contributed by atoms with E-state index in [0.717, 1.165) is 19.5 Å². The average molecular weight is 284 g/mol. The maximum Gasteiger partial charge on any atom is 0.407 e. The SMILES string of the molecule is CCOC(=O)NC1CC(CCC(=O)O)CN(C2CC2)C1. The van der Waals surface area contributed by atoms with Gasteiger partial charge in [-0.05, 0) is 38.5 Å². The van der Waals surface area contributed by atoms with Crippen LogP contribution in [0.15, 0.2) is 0 Å². The third-order valence-electron chi connectivity index (χ3n) is 3.99. The molecule has 2 aliphatic rings. The number of aliphatic carboxylic acids is 1. The molecule has 1 aliphatic carbocycles. The van der Waals surface area contributed by atoms with Crippen LogP contribution in [0.2, 0.25) is 0 Å².